The van der Waals surface area contributed by atoms with Crippen molar-refractivity contribution in [1.29, 1.82) is 0 Å². The largest absolute Gasteiger partial charge is 0.354 e. The van der Waals surface area contributed by atoms with E-state index >= 15 is 0 Å². The Balaban J connectivity index is 1.95. The minimum absolute atomic E-state index is 0.658. The zero-order chi connectivity index (χ0) is 14.9. The molecule has 22 heavy (non-hydrogen) atoms. The van der Waals surface area contributed by atoms with Gasteiger partial charge in [0.1, 0.15) is 12.1 Å². The second-order valence-electron chi connectivity index (χ2n) is 5.38. The smallest absolute Gasteiger partial charge is 0.254 e. The van der Waals surface area contributed by atoms with Crippen molar-refractivity contribution in [1.82, 2.24) is 19.6 Å². The third kappa shape index (κ3) is 2.23. The molecule has 0 unspecified atom stereocenters. The van der Waals surface area contributed by atoms with Gasteiger partial charge in [-0.2, -0.15) is 26.4 Å². The maximum absolute atomic E-state index is 4.47. The number of aryl methyl sites for hydroxylation is 1. The van der Waals surface area contributed by atoms with Crippen LogP contribution in [0.2, 0.25) is 0 Å². The molecule has 0 aliphatic carbocycles. The molecule has 6 heteroatoms. The van der Waals surface area contributed by atoms with Gasteiger partial charge in [-0.15, -0.1) is 0 Å². The minimum atomic E-state index is 0.658. The number of thioether (sulfide) groups is 1. The molecule has 3 heterocycles. The standard InChI is InChI=1S/C16H17N5S/c1-12-4-2-3-5-13(12)14-10-17-16-18-11-19-21(16)15(14)20-6-8-22-9-7-20/h2-5,10-11H,6-9H2,1H3. The number of rotatable bonds is 2. The van der Waals surface area contributed by atoms with E-state index < -0.39 is 0 Å². The average Bonchev–Trinajstić information content (AvgIpc) is 3.04. The summed E-state index contributed by atoms with van der Waals surface area (Å²) in [5, 5.41) is 4.40. The van der Waals surface area contributed by atoms with Gasteiger partial charge in [0.25, 0.3) is 5.78 Å². The van der Waals surface area contributed by atoms with Crippen LogP contribution in [-0.2, 0) is 0 Å². The fraction of sp³-hybridized carbons (Fsp3) is 0.312. The van der Waals surface area contributed by atoms with Crippen LogP contribution in [0.1, 0.15) is 5.56 Å². The van der Waals surface area contributed by atoms with Crippen molar-refractivity contribution in [2.75, 3.05) is 29.5 Å². The fourth-order valence-corrected chi connectivity index (χ4v) is 3.81. The number of anilines is 1. The van der Waals surface area contributed by atoms with Gasteiger partial charge in [-0.3, -0.25) is 0 Å². The number of hydrogen-bond acceptors (Lipinski definition) is 5. The van der Waals surface area contributed by atoms with Gasteiger partial charge >= 0.3 is 0 Å². The molecule has 0 atom stereocenters. The topological polar surface area (TPSA) is 46.3 Å². The molecule has 0 N–H and O–H groups in total. The predicted molar refractivity (Wildman–Crippen MR) is 90.5 cm³/mol. The second kappa shape index (κ2) is 5.61. The molecule has 1 aliphatic rings. The van der Waals surface area contributed by atoms with Crippen LogP contribution in [0.4, 0.5) is 5.82 Å². The van der Waals surface area contributed by atoms with Crippen molar-refractivity contribution >= 4 is 23.4 Å². The molecular formula is C16H17N5S. The van der Waals surface area contributed by atoms with E-state index in [0.717, 1.165) is 36.0 Å². The van der Waals surface area contributed by atoms with Gasteiger partial charge in [0.05, 0.1) is 0 Å². The van der Waals surface area contributed by atoms with Crippen molar-refractivity contribution in [2.45, 2.75) is 6.92 Å². The highest BCUT2D eigenvalue weighted by molar-refractivity contribution is 7.99. The van der Waals surface area contributed by atoms with Crippen LogP contribution in [0, 0.1) is 6.92 Å². The summed E-state index contributed by atoms with van der Waals surface area (Å²) in [5.74, 6) is 4.06. The van der Waals surface area contributed by atoms with Crippen LogP contribution in [0.15, 0.2) is 36.8 Å². The lowest BCUT2D eigenvalue weighted by Gasteiger charge is -2.30. The van der Waals surface area contributed by atoms with Crippen molar-refractivity contribution < 1.29 is 0 Å². The molecule has 0 amide bonds. The van der Waals surface area contributed by atoms with Crippen LogP contribution in [0.3, 0.4) is 0 Å². The Morgan fingerprint density at radius 1 is 1.05 bits per heavy atom. The second-order valence-corrected chi connectivity index (χ2v) is 6.61. The number of nitrogens with zero attached hydrogens (tertiary/aromatic N) is 5. The number of aromatic nitrogens is 4. The highest BCUT2D eigenvalue weighted by atomic mass is 32.2. The molecule has 0 radical (unpaired) electrons. The molecule has 5 nitrogen and oxygen atoms in total. The molecule has 3 aromatic rings. The summed E-state index contributed by atoms with van der Waals surface area (Å²) in [5.41, 5.74) is 3.58. The third-order valence-corrected chi connectivity index (χ3v) is 4.97. The van der Waals surface area contributed by atoms with Crippen molar-refractivity contribution in [3.63, 3.8) is 0 Å². The first kappa shape index (κ1) is 13.6. The first-order chi connectivity index (χ1) is 10.8. The Hall–Kier alpha value is -2.08. The predicted octanol–water partition coefficient (Wildman–Crippen LogP) is 2.65. The molecule has 112 valence electrons. The number of benzene rings is 1. The summed E-state index contributed by atoms with van der Waals surface area (Å²) >= 11 is 2.00. The number of fused-ring (bicyclic) bond motifs is 1. The average molecular weight is 311 g/mol. The third-order valence-electron chi connectivity index (χ3n) is 4.03. The molecule has 4 rings (SSSR count). The van der Waals surface area contributed by atoms with Crippen molar-refractivity contribution in [2.24, 2.45) is 0 Å². The normalized spacial score (nSPS) is 15.4. The van der Waals surface area contributed by atoms with E-state index in [1.807, 2.05) is 22.5 Å². The van der Waals surface area contributed by atoms with E-state index in [0.29, 0.717) is 5.78 Å². The lowest BCUT2D eigenvalue weighted by Crippen LogP contribution is -2.34. The summed E-state index contributed by atoms with van der Waals surface area (Å²) in [7, 11) is 0. The molecule has 0 spiro atoms. The number of hydrogen-bond donors (Lipinski definition) is 0. The molecule has 1 fully saturated rings. The van der Waals surface area contributed by atoms with Crippen molar-refractivity contribution in [3.05, 3.63) is 42.4 Å². The Morgan fingerprint density at radius 2 is 1.86 bits per heavy atom. The molecule has 1 saturated heterocycles. The fourth-order valence-electron chi connectivity index (χ4n) is 2.91. The zero-order valence-electron chi connectivity index (χ0n) is 12.4. The first-order valence-electron chi connectivity index (χ1n) is 7.42. The van der Waals surface area contributed by atoms with E-state index in [1.54, 1.807) is 6.33 Å². The van der Waals surface area contributed by atoms with Crippen LogP contribution < -0.4 is 4.90 Å². The summed E-state index contributed by atoms with van der Waals surface area (Å²) in [4.78, 5) is 11.1. The molecule has 2 aromatic heterocycles. The van der Waals surface area contributed by atoms with E-state index in [2.05, 4.69) is 51.2 Å². The van der Waals surface area contributed by atoms with Crippen molar-refractivity contribution in [3.8, 4) is 11.1 Å². The Morgan fingerprint density at radius 3 is 2.68 bits per heavy atom. The lowest BCUT2D eigenvalue weighted by molar-refractivity contribution is 0.797. The zero-order valence-corrected chi connectivity index (χ0v) is 13.3. The molecular weight excluding hydrogens is 294 g/mol. The quantitative estimate of drug-likeness (QED) is 0.728. The van der Waals surface area contributed by atoms with Crippen LogP contribution in [0.25, 0.3) is 16.9 Å². The van der Waals surface area contributed by atoms with Gasteiger partial charge in [-0.1, -0.05) is 24.3 Å². The molecule has 0 bridgehead atoms. The maximum atomic E-state index is 4.47. The van der Waals surface area contributed by atoms with Gasteiger partial charge in [-0.25, -0.2) is 4.98 Å². The first-order valence-corrected chi connectivity index (χ1v) is 8.57. The Kier molecular flexibility index (Phi) is 3.46. The van der Waals surface area contributed by atoms with Gasteiger partial charge in [0.2, 0.25) is 0 Å². The van der Waals surface area contributed by atoms with Gasteiger partial charge < -0.3 is 4.90 Å². The summed E-state index contributed by atoms with van der Waals surface area (Å²) in [6.07, 6.45) is 3.51. The molecule has 1 aliphatic heterocycles. The van der Waals surface area contributed by atoms with Gasteiger partial charge in [-0.05, 0) is 18.1 Å². The van der Waals surface area contributed by atoms with E-state index in [9.17, 15) is 0 Å². The Bertz CT molecular complexity index is 807. The maximum Gasteiger partial charge on any atom is 0.254 e. The highest BCUT2D eigenvalue weighted by Crippen LogP contribution is 2.33. The SMILES string of the molecule is Cc1ccccc1-c1cnc2ncnn2c1N1CCSCC1. The lowest BCUT2D eigenvalue weighted by atomic mass is 10.0. The summed E-state index contributed by atoms with van der Waals surface area (Å²) in [6.45, 7) is 4.20. The molecule has 0 saturated carbocycles. The van der Waals surface area contributed by atoms with E-state index in [1.165, 1.54) is 11.1 Å². The van der Waals surface area contributed by atoms with E-state index in [4.69, 9.17) is 0 Å². The van der Waals surface area contributed by atoms with Crippen LogP contribution in [0.5, 0.6) is 0 Å². The summed E-state index contributed by atoms with van der Waals surface area (Å²) in [6, 6.07) is 8.43. The highest BCUT2D eigenvalue weighted by Gasteiger charge is 2.21. The monoisotopic (exact) mass is 311 g/mol. The summed E-state index contributed by atoms with van der Waals surface area (Å²) < 4.78 is 1.87. The van der Waals surface area contributed by atoms with Crippen LogP contribution in [-0.4, -0.2) is 44.2 Å². The molecule has 1 aromatic carbocycles. The van der Waals surface area contributed by atoms with E-state index in [-0.39, 0.29) is 0 Å². The van der Waals surface area contributed by atoms with Gasteiger partial charge in [0, 0.05) is 36.4 Å². The van der Waals surface area contributed by atoms with Crippen LogP contribution >= 0.6 is 11.8 Å². The van der Waals surface area contributed by atoms with Gasteiger partial charge in [0.15, 0.2) is 0 Å². The Labute approximate surface area is 133 Å². The minimum Gasteiger partial charge on any atom is -0.354 e.